The Labute approximate surface area is 202 Å². The molecule has 3 fully saturated rings. The summed E-state index contributed by atoms with van der Waals surface area (Å²) < 4.78 is 29.7. The van der Waals surface area contributed by atoms with Crippen molar-refractivity contribution in [2.24, 2.45) is 17.8 Å². The number of H-pyrrole nitrogens is 1. The second-order valence-corrected chi connectivity index (χ2v) is 10.6. The second kappa shape index (κ2) is 8.33. The quantitative estimate of drug-likeness (QED) is 0.355. The molecule has 0 aromatic carbocycles. The van der Waals surface area contributed by atoms with Crippen molar-refractivity contribution in [3.05, 3.63) is 41.2 Å². The number of fused-ring (bicyclic) bond motifs is 4. The van der Waals surface area contributed by atoms with Crippen LogP contribution in [0.2, 0.25) is 0 Å². The van der Waals surface area contributed by atoms with E-state index in [0.29, 0.717) is 16.1 Å². The molecular weight excluding hydrogens is 474 g/mol. The van der Waals surface area contributed by atoms with Crippen LogP contribution in [0, 0.1) is 36.4 Å². The Morgan fingerprint density at radius 1 is 1.14 bits per heavy atom. The van der Waals surface area contributed by atoms with Crippen LogP contribution in [0.4, 0.5) is 14.6 Å². The van der Waals surface area contributed by atoms with Crippen LogP contribution in [0.1, 0.15) is 30.6 Å². The lowest BCUT2D eigenvalue weighted by Gasteiger charge is -2.47. The Morgan fingerprint density at radius 3 is 2.63 bits per heavy atom. The van der Waals surface area contributed by atoms with Crippen LogP contribution in [-0.2, 0) is 4.79 Å². The average Bonchev–Trinajstić information content (AvgIpc) is 3.46. The minimum absolute atomic E-state index is 0.0569. The minimum Gasteiger partial charge on any atom is -0.481 e. The fourth-order valence-electron chi connectivity index (χ4n) is 5.60. The van der Waals surface area contributed by atoms with E-state index in [1.54, 1.807) is 12.3 Å². The molecule has 0 saturated heterocycles. The molecule has 11 heteroatoms. The Morgan fingerprint density at radius 2 is 1.91 bits per heavy atom. The number of rotatable bonds is 5. The Bertz CT molecular complexity index is 1450. The summed E-state index contributed by atoms with van der Waals surface area (Å²) in [6, 6.07) is 3.23. The highest BCUT2D eigenvalue weighted by Gasteiger charge is 2.47. The molecular formula is C24H22F2N6O2S. The highest BCUT2D eigenvalue weighted by molar-refractivity contribution is 7.15. The van der Waals surface area contributed by atoms with Crippen molar-refractivity contribution < 1.29 is 18.7 Å². The molecule has 0 spiro atoms. The van der Waals surface area contributed by atoms with Crippen molar-refractivity contribution in [2.75, 3.05) is 5.32 Å². The molecule has 3 aliphatic rings. The number of hydrogen-bond acceptors (Lipinski definition) is 7. The van der Waals surface area contributed by atoms with Gasteiger partial charge in [0.1, 0.15) is 11.2 Å². The highest BCUT2D eigenvalue weighted by Crippen LogP contribution is 2.47. The maximum atomic E-state index is 15.9. The maximum Gasteiger partial charge on any atom is 0.308 e. The van der Waals surface area contributed by atoms with Gasteiger partial charge in [-0.05, 0) is 56.6 Å². The van der Waals surface area contributed by atoms with Gasteiger partial charge in [0.05, 0.1) is 22.6 Å². The van der Waals surface area contributed by atoms with Gasteiger partial charge in [0.15, 0.2) is 23.1 Å². The second-order valence-electron chi connectivity index (χ2n) is 9.27. The minimum atomic E-state index is -0.872. The molecule has 35 heavy (non-hydrogen) atoms. The molecule has 0 aliphatic heterocycles. The summed E-state index contributed by atoms with van der Waals surface area (Å²) in [6.07, 6.45) is 6.12. The number of aromatic nitrogens is 5. The number of carboxylic acid groups (broad SMARTS) is 1. The summed E-state index contributed by atoms with van der Waals surface area (Å²) in [5.74, 6) is -2.60. The molecule has 180 valence electrons. The number of aliphatic carboxylic acids is 1. The van der Waals surface area contributed by atoms with E-state index in [4.69, 9.17) is 0 Å². The van der Waals surface area contributed by atoms with Crippen LogP contribution in [0.3, 0.4) is 0 Å². The number of carboxylic acids is 1. The van der Waals surface area contributed by atoms with Crippen molar-refractivity contribution in [3.8, 4) is 22.0 Å². The van der Waals surface area contributed by atoms with Gasteiger partial charge in [0.25, 0.3) is 0 Å². The summed E-state index contributed by atoms with van der Waals surface area (Å²) >= 11 is 1.39. The third-order valence-corrected chi connectivity index (χ3v) is 8.23. The smallest absolute Gasteiger partial charge is 0.308 e. The summed E-state index contributed by atoms with van der Waals surface area (Å²) in [6.45, 7) is 1.92. The first kappa shape index (κ1) is 22.0. The van der Waals surface area contributed by atoms with E-state index in [1.165, 1.54) is 11.3 Å². The van der Waals surface area contributed by atoms with Crippen LogP contribution in [0.25, 0.3) is 33.1 Å². The van der Waals surface area contributed by atoms with Gasteiger partial charge in [-0.2, -0.15) is 4.39 Å². The lowest BCUT2D eigenvalue weighted by Crippen LogP contribution is -2.51. The van der Waals surface area contributed by atoms with Crippen LogP contribution in [-0.4, -0.2) is 42.0 Å². The van der Waals surface area contributed by atoms with Gasteiger partial charge in [-0.3, -0.25) is 4.79 Å². The van der Waals surface area contributed by atoms with Crippen LogP contribution in [0.5, 0.6) is 0 Å². The van der Waals surface area contributed by atoms with Crippen molar-refractivity contribution in [2.45, 2.75) is 38.6 Å². The molecule has 3 aliphatic carbocycles. The van der Waals surface area contributed by atoms with Gasteiger partial charge in [-0.25, -0.2) is 24.3 Å². The highest BCUT2D eigenvalue weighted by atomic mass is 32.1. The molecule has 8 nitrogen and oxygen atoms in total. The van der Waals surface area contributed by atoms with Gasteiger partial charge >= 0.3 is 5.97 Å². The number of carbonyl (C=O) groups is 1. The van der Waals surface area contributed by atoms with Crippen molar-refractivity contribution >= 4 is 34.3 Å². The van der Waals surface area contributed by atoms with Crippen LogP contribution < -0.4 is 5.32 Å². The molecule has 4 aromatic heterocycles. The van der Waals surface area contributed by atoms with Crippen LogP contribution >= 0.6 is 11.3 Å². The molecule has 3 saturated carbocycles. The molecule has 2 atom stereocenters. The van der Waals surface area contributed by atoms with Gasteiger partial charge in [0, 0.05) is 17.1 Å². The van der Waals surface area contributed by atoms with Crippen molar-refractivity contribution in [1.82, 2.24) is 24.9 Å². The van der Waals surface area contributed by atoms with Gasteiger partial charge < -0.3 is 15.4 Å². The van der Waals surface area contributed by atoms with E-state index in [2.05, 4.69) is 30.2 Å². The summed E-state index contributed by atoms with van der Waals surface area (Å²) in [5.41, 5.74) is 1.07. The Balaban J connectivity index is 1.50. The zero-order valence-corrected chi connectivity index (χ0v) is 19.6. The number of aryl methyl sites for hydroxylation is 1. The van der Waals surface area contributed by atoms with E-state index in [9.17, 15) is 14.3 Å². The number of anilines is 1. The first-order chi connectivity index (χ1) is 16.9. The van der Waals surface area contributed by atoms with Crippen LogP contribution in [0.15, 0.2) is 24.5 Å². The predicted octanol–water partition coefficient (Wildman–Crippen LogP) is 5.03. The summed E-state index contributed by atoms with van der Waals surface area (Å²) in [4.78, 5) is 33.5. The third-order valence-electron chi connectivity index (χ3n) is 7.22. The van der Waals surface area contributed by atoms with Crippen molar-refractivity contribution in [1.29, 1.82) is 0 Å². The zero-order valence-electron chi connectivity index (χ0n) is 18.8. The topological polar surface area (TPSA) is 117 Å². The normalized spacial score (nSPS) is 23.6. The predicted molar refractivity (Wildman–Crippen MR) is 127 cm³/mol. The number of thiophene rings is 1. The molecule has 7 rings (SSSR count). The number of nitrogens with one attached hydrogen (secondary N) is 2. The van der Waals surface area contributed by atoms with E-state index in [-0.39, 0.29) is 34.7 Å². The summed E-state index contributed by atoms with van der Waals surface area (Å²) in [7, 11) is 0. The number of aromatic amines is 1. The number of hydrogen-bond donors (Lipinski definition) is 3. The van der Waals surface area contributed by atoms with E-state index < -0.39 is 29.7 Å². The largest absolute Gasteiger partial charge is 0.481 e. The van der Waals surface area contributed by atoms with E-state index in [0.717, 1.165) is 36.8 Å². The first-order valence-electron chi connectivity index (χ1n) is 11.5. The standard InChI is InChI=1S/C24H22F2N6O2S/c1-10-2-7-14(35-10)20-17(26)22(30-18-12-5-3-11(4-6-12)16(18)24(33)34)32-21(31-20)13-8-27-23-19(13)29-15(25)9-28-23/h2,7-9,11-12,16,18H,3-6H2,1H3,(H,27,28)(H,33,34)(H,30,31,32)/t11?,12?,16-,18-/m0/s1. The first-order valence-corrected chi connectivity index (χ1v) is 12.3. The molecule has 0 unspecified atom stereocenters. The number of nitrogens with zero attached hydrogens (tertiary/aromatic N) is 4. The molecule has 4 heterocycles. The SMILES string of the molecule is Cc1ccc(-c2nc(-c3c[nH]c4ncc(F)nc34)nc(N[C@H]3C4CCC(CC4)[C@@H]3C(=O)O)c2F)s1. The Hall–Kier alpha value is -3.47. The maximum absolute atomic E-state index is 15.9. The number of halogens is 2. The van der Waals surface area contributed by atoms with E-state index >= 15 is 4.39 Å². The lowest BCUT2D eigenvalue weighted by atomic mass is 9.61. The lowest BCUT2D eigenvalue weighted by molar-refractivity contribution is -0.148. The third kappa shape index (κ3) is 3.74. The molecule has 0 amide bonds. The fraction of sp³-hybridized carbons (Fsp3) is 0.375. The van der Waals surface area contributed by atoms with Gasteiger partial charge in [-0.1, -0.05) is 0 Å². The molecule has 3 N–H and O–H groups in total. The van der Waals surface area contributed by atoms with Gasteiger partial charge in [0.2, 0.25) is 5.95 Å². The molecule has 0 radical (unpaired) electrons. The monoisotopic (exact) mass is 496 g/mol. The zero-order chi connectivity index (χ0) is 24.3. The Kier molecular flexibility index (Phi) is 5.24. The molecule has 4 aromatic rings. The average molecular weight is 497 g/mol. The van der Waals surface area contributed by atoms with Gasteiger partial charge in [-0.15, -0.1) is 11.3 Å². The van der Waals surface area contributed by atoms with Crippen molar-refractivity contribution in [3.63, 3.8) is 0 Å². The summed E-state index contributed by atoms with van der Waals surface area (Å²) in [5, 5.41) is 13.1. The van der Waals surface area contributed by atoms with E-state index in [1.807, 2.05) is 13.0 Å². The molecule has 2 bridgehead atoms. The fourth-order valence-corrected chi connectivity index (χ4v) is 6.45.